The smallest absolute Gasteiger partial charge is 0.337 e. The Labute approximate surface area is 641 Å². The van der Waals surface area contributed by atoms with Crippen molar-refractivity contribution in [2.24, 2.45) is 4.99 Å². The van der Waals surface area contributed by atoms with Crippen molar-refractivity contribution in [3.8, 4) is 51.7 Å². The van der Waals surface area contributed by atoms with Gasteiger partial charge in [-0.2, -0.15) is 0 Å². The van der Waals surface area contributed by atoms with E-state index >= 15 is 0 Å². The number of para-hydroxylation sites is 1. The van der Waals surface area contributed by atoms with Crippen LogP contribution in [-0.2, 0) is 37.6 Å². The number of phenols is 3. The molecule has 0 spiro atoms. The van der Waals surface area contributed by atoms with E-state index < -0.39 is 87.0 Å². The minimum absolute atomic E-state index is 0. The number of hydrogen-bond donors (Lipinski definition) is 7. The molecule has 0 saturated heterocycles. The van der Waals surface area contributed by atoms with Crippen LogP contribution in [-0.4, -0.2) is 77.3 Å². The van der Waals surface area contributed by atoms with E-state index in [0.717, 1.165) is 28.8 Å². The number of carboxylic acid groups (broad SMARTS) is 2. The molecule has 7 N–H and O–H groups in total. The van der Waals surface area contributed by atoms with Crippen molar-refractivity contribution in [3.05, 3.63) is 309 Å². The number of nitrogens with one attached hydrogen (secondary N) is 2. The molecule has 0 radical (unpaired) electrons. The lowest BCUT2D eigenvalue weighted by atomic mass is 10.0. The van der Waals surface area contributed by atoms with Gasteiger partial charge < -0.3 is 40.9 Å². The average Bonchev–Trinajstić information content (AvgIpc) is 1.19. The van der Waals surface area contributed by atoms with Gasteiger partial charge in [-0.25, -0.2) is 30.8 Å². The van der Waals surface area contributed by atoms with E-state index in [-0.39, 0.29) is 77.0 Å². The van der Waals surface area contributed by atoms with Crippen LogP contribution in [0.15, 0.2) is 227 Å². The number of phenolic OH excluding ortho intramolecular Hbond substituents is 3. The maximum absolute atomic E-state index is 13.6. The monoisotopic (exact) mass is 1610 g/mol. The minimum Gasteiger partial charge on any atom is -0.506 e. The molecular formula is C76H53Cl8FN4O14S2. The zero-order chi connectivity index (χ0) is 75.2. The number of carbonyl (C=O) groups excluding carboxylic acids is 2. The second-order valence-electron chi connectivity index (χ2n) is 21.9. The molecule has 1 aliphatic heterocycles. The average molecular weight is 1610 g/mol. The van der Waals surface area contributed by atoms with Gasteiger partial charge in [-0.1, -0.05) is 191 Å². The third-order valence-electron chi connectivity index (χ3n) is 14.5. The molecule has 12 rings (SSSR count). The summed E-state index contributed by atoms with van der Waals surface area (Å²) in [4.78, 5) is 54.4. The SMILES string of the molecule is C.O=C(Nc1ccc(Cl)cc1C#Cc1ccccc1)c1cc(Cl)cc(Cl)c1O.O=C(O)c1cc(Cl)c(O)c(S(=O)(=O)Cc2cc(-c3ccccc3)ccn2)c1Cl.O=C(O)c1cc(NC(=O)c2cc(F)cc3c2CC=N3)ccc1Cl.O=S(=O)(Cc1cccc(Oc2ccccc2)c1)c1cc(Cl)cc(Cl)c1O. The van der Waals surface area contributed by atoms with E-state index in [2.05, 4.69) is 32.5 Å². The molecule has 0 saturated carbocycles. The first-order valence-corrected chi connectivity index (χ1v) is 36.2. The topological polar surface area (TPSA) is 296 Å². The third kappa shape index (κ3) is 21.3. The summed E-state index contributed by atoms with van der Waals surface area (Å²) >= 11 is 47.1. The maximum atomic E-state index is 13.6. The van der Waals surface area contributed by atoms with Crippen LogP contribution in [0.25, 0.3) is 11.1 Å². The largest absolute Gasteiger partial charge is 0.506 e. The lowest BCUT2D eigenvalue weighted by molar-refractivity contribution is 0.0686. The van der Waals surface area contributed by atoms with Gasteiger partial charge in [0.05, 0.1) is 70.4 Å². The number of pyridine rings is 1. The summed E-state index contributed by atoms with van der Waals surface area (Å²) in [5.74, 6) is 0.272. The van der Waals surface area contributed by atoms with Crippen molar-refractivity contribution in [1.82, 2.24) is 4.98 Å². The molecule has 11 aromatic rings. The zero-order valence-electron chi connectivity index (χ0n) is 52.9. The van der Waals surface area contributed by atoms with Gasteiger partial charge in [0.2, 0.25) is 0 Å². The summed E-state index contributed by atoms with van der Waals surface area (Å²) in [7, 11) is -8.10. The van der Waals surface area contributed by atoms with Gasteiger partial charge in [0.1, 0.15) is 32.9 Å². The summed E-state index contributed by atoms with van der Waals surface area (Å²) in [6.07, 6.45) is 3.51. The highest BCUT2D eigenvalue weighted by Gasteiger charge is 2.31. The number of aromatic hydroxyl groups is 3. The Bertz CT molecular complexity index is 5490. The molecule has 536 valence electrons. The maximum Gasteiger partial charge on any atom is 0.337 e. The highest BCUT2D eigenvalue weighted by molar-refractivity contribution is 7.91. The molecule has 0 bridgehead atoms. The zero-order valence-corrected chi connectivity index (χ0v) is 60.6. The minimum atomic E-state index is -4.24. The predicted octanol–water partition coefficient (Wildman–Crippen LogP) is 20.2. The Morgan fingerprint density at radius 3 is 1.81 bits per heavy atom. The van der Waals surface area contributed by atoms with Crippen LogP contribution < -0.4 is 15.4 Å². The summed E-state index contributed by atoms with van der Waals surface area (Å²) < 4.78 is 70.4. The fourth-order valence-corrected chi connectivity index (χ4v) is 15.0. The first kappa shape index (κ1) is 80.5. The van der Waals surface area contributed by atoms with Crippen LogP contribution in [0.5, 0.6) is 28.7 Å². The molecule has 10 aromatic carbocycles. The van der Waals surface area contributed by atoms with Crippen LogP contribution >= 0.6 is 92.8 Å². The van der Waals surface area contributed by atoms with Gasteiger partial charge in [-0.3, -0.25) is 19.6 Å². The number of hydrogen-bond acceptors (Lipinski definition) is 14. The van der Waals surface area contributed by atoms with Crippen LogP contribution in [0.3, 0.4) is 0 Å². The number of sulfone groups is 2. The van der Waals surface area contributed by atoms with E-state index in [1.807, 2.05) is 78.9 Å². The number of amides is 2. The number of carbonyl (C=O) groups is 4. The Balaban J connectivity index is 0.000000177. The van der Waals surface area contributed by atoms with Crippen molar-refractivity contribution in [1.29, 1.82) is 0 Å². The molecule has 2 amide bonds. The van der Waals surface area contributed by atoms with Crippen LogP contribution in [0.4, 0.5) is 21.5 Å². The fourth-order valence-electron chi connectivity index (χ4n) is 9.74. The lowest BCUT2D eigenvalue weighted by Crippen LogP contribution is -2.15. The second-order valence-corrected chi connectivity index (χ2v) is 29.1. The van der Waals surface area contributed by atoms with Crippen molar-refractivity contribution in [3.63, 3.8) is 0 Å². The van der Waals surface area contributed by atoms with Crippen molar-refractivity contribution in [2.75, 3.05) is 10.6 Å². The Kier molecular flexibility index (Phi) is 27.6. The Hall–Kier alpha value is -10.2. The molecule has 1 aromatic heterocycles. The summed E-state index contributed by atoms with van der Waals surface area (Å²) in [6.45, 7) is 0. The molecule has 2 heterocycles. The van der Waals surface area contributed by atoms with Crippen LogP contribution in [0.1, 0.15) is 76.8 Å². The van der Waals surface area contributed by atoms with Gasteiger partial charge >= 0.3 is 11.9 Å². The number of ether oxygens (including phenoxy) is 1. The standard InChI is InChI=1S/C21H12Cl3NO2.C19H13Cl2NO5S.C19H14Cl2O4S.C16H10ClFN2O3.CH4/c22-15-8-9-19(14(10-15)7-6-13-4-2-1-3-5-13)25-21(27)17-11-16(23)12-18(24)20(17)26;20-15-9-14(19(24)25)16(21)18(17(15)23)28(26,27)10-13-8-12(6-7-22-13)11-4-2-1-3-5-11;20-14-10-17(21)19(22)18(11-14)26(23,24)12-13-5-4-8-16(9-13)25-15-6-2-1-3-7-15;17-13-2-1-9(7-12(13)16(22)23)20-15(21)11-5-8(18)6-14-10(11)3-4-19-14;/h1-5,8-12,26H,(H,25,27);1-9,23H,10H2,(H,24,25);1-11,22H,12H2;1-2,4-7H,3H2,(H,20,21)(H,22,23);1H4. The van der Waals surface area contributed by atoms with Crippen LogP contribution in [0.2, 0.25) is 40.2 Å². The first-order valence-electron chi connectivity index (χ1n) is 29.9. The number of nitrogens with zero attached hydrogens (tertiary/aromatic N) is 2. The van der Waals surface area contributed by atoms with Gasteiger partial charge in [0, 0.05) is 56.3 Å². The quantitative estimate of drug-likeness (QED) is 0.0470. The summed E-state index contributed by atoms with van der Waals surface area (Å²) in [6, 6.07) is 55.4. The lowest BCUT2D eigenvalue weighted by Gasteiger charge is -2.12. The third-order valence-corrected chi connectivity index (χ3v) is 20.3. The van der Waals surface area contributed by atoms with E-state index in [1.54, 1.807) is 72.9 Å². The number of halogens is 9. The molecular weight excluding hydrogens is 1560 g/mol. The van der Waals surface area contributed by atoms with E-state index in [4.69, 9.17) is 103 Å². The molecule has 29 heteroatoms. The molecule has 0 fully saturated rings. The van der Waals surface area contributed by atoms with Gasteiger partial charge in [0.25, 0.3) is 11.8 Å². The van der Waals surface area contributed by atoms with Crippen LogP contribution in [0, 0.1) is 17.7 Å². The van der Waals surface area contributed by atoms with Crippen molar-refractivity contribution < 1.29 is 70.7 Å². The summed E-state index contributed by atoms with van der Waals surface area (Å²) in [5.41, 5.74) is 4.96. The predicted molar refractivity (Wildman–Crippen MR) is 409 cm³/mol. The Morgan fingerprint density at radius 1 is 0.514 bits per heavy atom. The van der Waals surface area contributed by atoms with E-state index in [0.29, 0.717) is 51.0 Å². The number of aromatic carboxylic acids is 2. The molecule has 0 unspecified atom stereocenters. The Morgan fingerprint density at radius 2 is 1.13 bits per heavy atom. The van der Waals surface area contributed by atoms with E-state index in [1.165, 1.54) is 54.7 Å². The first-order chi connectivity index (χ1) is 49.4. The number of aromatic nitrogens is 1. The number of benzene rings is 10. The van der Waals surface area contributed by atoms with Gasteiger partial charge in [-0.05, 0) is 150 Å². The van der Waals surface area contributed by atoms with Gasteiger partial charge in [0.15, 0.2) is 31.2 Å². The number of aliphatic imine (C=N–C) groups is 1. The normalized spacial score (nSPS) is 11.1. The van der Waals surface area contributed by atoms with Gasteiger partial charge in [-0.15, -0.1) is 0 Å². The molecule has 1 aliphatic rings. The molecule has 105 heavy (non-hydrogen) atoms. The molecule has 0 aliphatic carbocycles. The number of fused-ring (bicyclic) bond motifs is 1. The number of rotatable bonds is 15. The highest BCUT2D eigenvalue weighted by atomic mass is 35.5. The fraction of sp³-hybridized carbons (Fsp3) is 0.0526. The molecule has 18 nitrogen and oxygen atoms in total. The second kappa shape index (κ2) is 36.0. The van der Waals surface area contributed by atoms with Crippen molar-refractivity contribution >= 4 is 160 Å². The molecule has 0 atom stereocenters. The van der Waals surface area contributed by atoms with Crippen molar-refractivity contribution in [2.45, 2.75) is 35.1 Å². The van der Waals surface area contributed by atoms with E-state index in [9.17, 15) is 60.8 Å². The summed E-state index contributed by atoms with van der Waals surface area (Å²) in [5, 5.41) is 53.4. The highest BCUT2D eigenvalue weighted by Crippen LogP contribution is 2.42. The number of carboxylic acids is 2. The number of anilines is 2.